The highest BCUT2D eigenvalue weighted by molar-refractivity contribution is 5.89. The van der Waals surface area contributed by atoms with Crippen molar-refractivity contribution < 1.29 is 23.7 Å². The highest BCUT2D eigenvalue weighted by Crippen LogP contribution is 2.34. The van der Waals surface area contributed by atoms with Crippen LogP contribution in [0.4, 0.5) is 10.5 Å². The van der Waals surface area contributed by atoms with Crippen LogP contribution in [0.5, 0.6) is 23.0 Å². The number of benzene rings is 2. The van der Waals surface area contributed by atoms with Gasteiger partial charge in [0, 0.05) is 11.8 Å². The molecule has 2 N–H and O–H groups in total. The van der Waals surface area contributed by atoms with E-state index in [1.807, 2.05) is 0 Å². The largest absolute Gasteiger partial charge is 0.497 e. The van der Waals surface area contributed by atoms with Crippen molar-refractivity contribution in [1.82, 2.24) is 5.32 Å². The third-order valence-corrected chi connectivity index (χ3v) is 3.35. The lowest BCUT2D eigenvalue weighted by Crippen LogP contribution is -2.32. The van der Waals surface area contributed by atoms with E-state index < -0.39 is 0 Å². The third-order valence-electron chi connectivity index (χ3n) is 3.35. The first-order valence-corrected chi connectivity index (χ1v) is 7.46. The summed E-state index contributed by atoms with van der Waals surface area (Å²) in [4.78, 5) is 11.8. The molecule has 0 saturated heterocycles. The molecule has 0 aliphatic carbocycles. The van der Waals surface area contributed by atoms with Crippen molar-refractivity contribution in [1.29, 1.82) is 0 Å². The van der Waals surface area contributed by atoms with Gasteiger partial charge >= 0.3 is 6.03 Å². The van der Waals surface area contributed by atoms with Gasteiger partial charge in [0.15, 0.2) is 11.5 Å². The van der Waals surface area contributed by atoms with Crippen molar-refractivity contribution in [2.75, 3.05) is 32.4 Å². The van der Waals surface area contributed by atoms with E-state index in [4.69, 9.17) is 18.9 Å². The summed E-state index contributed by atoms with van der Waals surface area (Å²) in [6, 6.07) is 12.1. The van der Waals surface area contributed by atoms with Crippen LogP contribution in [0.1, 0.15) is 0 Å². The normalized spacial score (nSPS) is 11.7. The first kappa shape index (κ1) is 15.8. The zero-order chi connectivity index (χ0) is 16.8. The molecule has 126 valence electrons. The Labute approximate surface area is 139 Å². The van der Waals surface area contributed by atoms with E-state index >= 15 is 0 Å². The van der Waals surface area contributed by atoms with Gasteiger partial charge in [-0.3, -0.25) is 0 Å². The number of hydrogen-bond donors (Lipinski definition) is 2. The maximum absolute atomic E-state index is 11.8. The molecule has 0 unspecified atom stereocenters. The molecule has 7 heteroatoms. The Morgan fingerprint density at radius 2 is 1.83 bits per heavy atom. The molecule has 3 rings (SSSR count). The molecule has 0 radical (unpaired) electrons. The van der Waals surface area contributed by atoms with Crippen molar-refractivity contribution in [2.45, 2.75) is 0 Å². The number of hydrogen-bond acceptors (Lipinski definition) is 5. The van der Waals surface area contributed by atoms with Crippen molar-refractivity contribution in [3.8, 4) is 23.0 Å². The Morgan fingerprint density at radius 3 is 2.62 bits per heavy atom. The molecular weight excluding hydrogens is 312 g/mol. The maximum atomic E-state index is 11.8. The van der Waals surface area contributed by atoms with Gasteiger partial charge in [-0.2, -0.15) is 0 Å². The summed E-state index contributed by atoms with van der Waals surface area (Å²) in [5.74, 6) is 2.77. The van der Waals surface area contributed by atoms with Crippen molar-refractivity contribution in [3.05, 3.63) is 42.5 Å². The molecule has 2 amide bonds. The van der Waals surface area contributed by atoms with Crippen LogP contribution < -0.4 is 29.6 Å². The summed E-state index contributed by atoms with van der Waals surface area (Å²) in [7, 11) is 1.59. The molecule has 24 heavy (non-hydrogen) atoms. The topological polar surface area (TPSA) is 78.1 Å². The molecule has 0 fully saturated rings. The molecule has 1 aliphatic heterocycles. The molecule has 0 bridgehead atoms. The summed E-state index contributed by atoms with van der Waals surface area (Å²) < 4.78 is 21.1. The molecule has 0 atom stereocenters. The number of ether oxygens (including phenoxy) is 4. The lowest BCUT2D eigenvalue weighted by Gasteiger charge is -2.10. The molecule has 2 aromatic rings. The summed E-state index contributed by atoms with van der Waals surface area (Å²) in [5.41, 5.74) is 0.685. The van der Waals surface area contributed by atoms with Crippen molar-refractivity contribution in [3.63, 3.8) is 0 Å². The van der Waals surface area contributed by atoms with Crippen LogP contribution in [0.3, 0.4) is 0 Å². The molecule has 2 aromatic carbocycles. The summed E-state index contributed by atoms with van der Waals surface area (Å²) in [6.45, 7) is 0.942. The van der Waals surface area contributed by atoms with Gasteiger partial charge in [-0.15, -0.1) is 0 Å². The fourth-order valence-electron chi connectivity index (χ4n) is 2.15. The molecule has 0 saturated carbocycles. The standard InChI is InChI=1S/C17H18N2O5/c1-21-13-4-2-12(3-5-13)19-17(20)18-8-9-22-14-6-7-15-16(10-14)24-11-23-15/h2-7,10H,8-9,11H2,1H3,(H2,18,19,20). The van der Waals surface area contributed by atoms with Gasteiger partial charge in [-0.25, -0.2) is 4.79 Å². The van der Waals surface area contributed by atoms with E-state index in [1.165, 1.54) is 0 Å². The second-order valence-electron chi connectivity index (χ2n) is 4.97. The van der Waals surface area contributed by atoms with Crippen molar-refractivity contribution >= 4 is 11.7 Å². The van der Waals surface area contributed by atoms with Crippen LogP contribution in [-0.2, 0) is 0 Å². The number of nitrogens with one attached hydrogen (secondary N) is 2. The molecular formula is C17H18N2O5. The average molecular weight is 330 g/mol. The average Bonchev–Trinajstić information content (AvgIpc) is 3.07. The number of anilines is 1. The van der Waals surface area contributed by atoms with Gasteiger partial charge in [0.2, 0.25) is 6.79 Å². The van der Waals surface area contributed by atoms with Crippen LogP contribution in [0.25, 0.3) is 0 Å². The Balaban J connectivity index is 1.38. The lowest BCUT2D eigenvalue weighted by molar-refractivity contribution is 0.173. The SMILES string of the molecule is COc1ccc(NC(=O)NCCOc2ccc3c(c2)OCO3)cc1. The van der Waals surface area contributed by atoms with E-state index in [0.29, 0.717) is 36.1 Å². The first-order valence-electron chi connectivity index (χ1n) is 7.46. The number of fused-ring (bicyclic) bond motifs is 1. The predicted molar refractivity (Wildman–Crippen MR) is 88.1 cm³/mol. The molecule has 0 aromatic heterocycles. The Kier molecular flexibility index (Phi) is 4.90. The number of carbonyl (C=O) groups excluding carboxylic acids is 1. The minimum Gasteiger partial charge on any atom is -0.497 e. The molecule has 1 heterocycles. The van der Waals surface area contributed by atoms with E-state index in [1.54, 1.807) is 49.6 Å². The van der Waals surface area contributed by atoms with Gasteiger partial charge in [-0.05, 0) is 36.4 Å². The van der Waals surface area contributed by atoms with E-state index in [-0.39, 0.29) is 12.8 Å². The Morgan fingerprint density at radius 1 is 1.08 bits per heavy atom. The molecule has 7 nitrogen and oxygen atoms in total. The fraction of sp³-hybridized carbons (Fsp3) is 0.235. The van der Waals surface area contributed by atoms with Gasteiger partial charge in [0.05, 0.1) is 13.7 Å². The van der Waals surface area contributed by atoms with Crippen LogP contribution in [0.2, 0.25) is 0 Å². The maximum Gasteiger partial charge on any atom is 0.319 e. The predicted octanol–water partition coefficient (Wildman–Crippen LogP) is 2.62. The number of urea groups is 1. The second kappa shape index (κ2) is 7.45. The van der Waals surface area contributed by atoms with Gasteiger partial charge in [-0.1, -0.05) is 0 Å². The quantitative estimate of drug-likeness (QED) is 0.796. The monoisotopic (exact) mass is 330 g/mol. The van der Waals surface area contributed by atoms with Crippen LogP contribution in [0.15, 0.2) is 42.5 Å². The summed E-state index contributed by atoms with van der Waals surface area (Å²) in [6.07, 6.45) is 0. The number of amides is 2. The molecule has 1 aliphatic rings. The first-order chi connectivity index (χ1) is 11.7. The summed E-state index contributed by atoms with van der Waals surface area (Å²) in [5, 5.41) is 5.45. The van der Waals surface area contributed by atoms with Gasteiger partial charge in [0.25, 0.3) is 0 Å². The zero-order valence-electron chi connectivity index (χ0n) is 13.2. The van der Waals surface area contributed by atoms with Crippen molar-refractivity contribution in [2.24, 2.45) is 0 Å². The minimum atomic E-state index is -0.297. The highest BCUT2D eigenvalue weighted by Gasteiger charge is 2.13. The Bertz CT molecular complexity index is 703. The van der Waals surface area contributed by atoms with E-state index in [2.05, 4.69) is 10.6 Å². The van der Waals surface area contributed by atoms with Gasteiger partial charge < -0.3 is 29.6 Å². The second-order valence-corrected chi connectivity index (χ2v) is 4.97. The lowest BCUT2D eigenvalue weighted by atomic mass is 10.3. The molecule has 0 spiro atoms. The zero-order valence-corrected chi connectivity index (χ0v) is 13.2. The van der Waals surface area contributed by atoms with Crippen LogP contribution in [-0.4, -0.2) is 33.1 Å². The fourth-order valence-corrected chi connectivity index (χ4v) is 2.15. The highest BCUT2D eigenvalue weighted by atomic mass is 16.7. The van der Waals surface area contributed by atoms with Gasteiger partial charge in [0.1, 0.15) is 18.1 Å². The smallest absolute Gasteiger partial charge is 0.319 e. The number of rotatable bonds is 6. The minimum absolute atomic E-state index is 0.228. The van der Waals surface area contributed by atoms with E-state index in [0.717, 1.165) is 5.75 Å². The van der Waals surface area contributed by atoms with Crippen LogP contribution >= 0.6 is 0 Å². The summed E-state index contributed by atoms with van der Waals surface area (Å²) >= 11 is 0. The van der Waals surface area contributed by atoms with E-state index in [9.17, 15) is 4.79 Å². The number of methoxy groups -OCH3 is 1. The number of carbonyl (C=O) groups is 1. The third kappa shape index (κ3) is 4.01. The Hall–Kier alpha value is -3.09. The van der Waals surface area contributed by atoms with Crippen LogP contribution in [0, 0.1) is 0 Å².